The second kappa shape index (κ2) is 13.9. The highest BCUT2D eigenvalue weighted by molar-refractivity contribution is 5.97. The smallest absolute Gasteiger partial charge is 0.406 e. The Balaban J connectivity index is 0.863. The van der Waals surface area contributed by atoms with E-state index in [0.29, 0.717) is 23.8 Å². The van der Waals surface area contributed by atoms with Gasteiger partial charge in [-0.1, -0.05) is 0 Å². The van der Waals surface area contributed by atoms with Gasteiger partial charge in [0.05, 0.1) is 17.8 Å². The molecule has 1 amide bonds. The molecular formula is C37H44F4N8O4. The average molecular weight is 741 g/mol. The number of likely N-dealkylation sites (tertiary alicyclic amines) is 1. The third-order valence-corrected chi connectivity index (χ3v) is 11.2. The maximum absolute atomic E-state index is 14.3. The molecule has 2 spiro atoms. The van der Waals surface area contributed by atoms with Crippen molar-refractivity contribution in [2.24, 2.45) is 5.41 Å². The molecule has 3 aromatic rings. The van der Waals surface area contributed by atoms with Gasteiger partial charge < -0.3 is 24.0 Å². The summed E-state index contributed by atoms with van der Waals surface area (Å²) < 4.78 is 72.6. The summed E-state index contributed by atoms with van der Waals surface area (Å²) in [6, 6.07) is 4.31. The molecule has 6 heterocycles. The van der Waals surface area contributed by atoms with E-state index < -0.39 is 30.5 Å². The Morgan fingerprint density at radius 3 is 2.57 bits per heavy atom. The number of aromatic nitrogens is 4. The molecule has 16 heteroatoms. The van der Waals surface area contributed by atoms with Gasteiger partial charge in [0.2, 0.25) is 0 Å². The van der Waals surface area contributed by atoms with Crippen LogP contribution >= 0.6 is 0 Å². The van der Waals surface area contributed by atoms with Gasteiger partial charge in [-0.2, -0.15) is 13.2 Å². The van der Waals surface area contributed by atoms with Crippen LogP contribution in [0.3, 0.4) is 0 Å². The van der Waals surface area contributed by atoms with Crippen molar-refractivity contribution < 1.29 is 36.6 Å². The van der Waals surface area contributed by atoms with Crippen molar-refractivity contribution in [3.63, 3.8) is 0 Å². The molecule has 0 bridgehead atoms. The van der Waals surface area contributed by atoms with E-state index in [9.17, 15) is 22.4 Å². The number of halogens is 4. The number of amides is 1. The Hall–Kier alpha value is -4.15. The standard InChI is InChI=1S/C37H44F4N8O4/c1-24(2)49(22-37(39,40)41)34(50)27-14-25(38)4-5-30(27)53-33-32(43-23-44-45-33)48-18-35(19-48)15-26(16-35)52-31-6-9-42-29-7-12-46(17-28(29)31)10-3-11-47-20-36(21-47)8-13-51-36/h4-6,9,14,23-24,26H,3,7-8,10-13,15-22H2,1-2H3. The van der Waals surface area contributed by atoms with Crippen LogP contribution in [0.25, 0.3) is 0 Å². The summed E-state index contributed by atoms with van der Waals surface area (Å²) in [5.41, 5.74) is 2.14. The van der Waals surface area contributed by atoms with Gasteiger partial charge in [0, 0.05) is 81.0 Å². The first kappa shape index (κ1) is 35.9. The van der Waals surface area contributed by atoms with Crippen LogP contribution in [-0.4, -0.2) is 124 Å². The zero-order valence-electron chi connectivity index (χ0n) is 29.9. The summed E-state index contributed by atoms with van der Waals surface area (Å²) in [6.45, 7) is 9.76. The highest BCUT2D eigenvalue weighted by atomic mass is 19.4. The number of alkyl halides is 3. The molecule has 4 fully saturated rings. The molecule has 4 aliphatic heterocycles. The van der Waals surface area contributed by atoms with Crippen LogP contribution in [0, 0.1) is 11.2 Å². The molecule has 0 unspecified atom stereocenters. The molecule has 2 aromatic heterocycles. The van der Waals surface area contributed by atoms with Gasteiger partial charge in [-0.05, 0) is 70.5 Å². The normalized spacial score (nSPS) is 20.7. The Kier molecular flexibility index (Phi) is 9.42. The summed E-state index contributed by atoms with van der Waals surface area (Å²) in [7, 11) is 0. The van der Waals surface area contributed by atoms with Crippen molar-refractivity contribution in [1.29, 1.82) is 0 Å². The molecule has 1 saturated carbocycles. The number of carbonyl (C=O) groups is 1. The minimum atomic E-state index is -4.64. The molecule has 284 valence electrons. The molecule has 8 rings (SSSR count). The number of fused-ring (bicyclic) bond motifs is 1. The number of carbonyl (C=O) groups excluding carboxylic acids is 1. The van der Waals surface area contributed by atoms with Gasteiger partial charge in [-0.3, -0.25) is 19.6 Å². The third kappa shape index (κ3) is 7.49. The van der Waals surface area contributed by atoms with E-state index in [0.717, 1.165) is 95.1 Å². The topological polar surface area (TPSA) is 109 Å². The first-order chi connectivity index (χ1) is 25.4. The Bertz CT molecular complexity index is 1820. The second-order valence-corrected chi connectivity index (χ2v) is 15.6. The van der Waals surface area contributed by atoms with Gasteiger partial charge in [-0.25, -0.2) is 9.37 Å². The Labute approximate surface area is 305 Å². The number of pyridine rings is 1. The van der Waals surface area contributed by atoms with Gasteiger partial charge in [0.15, 0.2) is 5.82 Å². The zero-order chi connectivity index (χ0) is 37.0. The van der Waals surface area contributed by atoms with Crippen molar-refractivity contribution in [3.8, 4) is 17.4 Å². The van der Waals surface area contributed by atoms with Gasteiger partial charge >= 0.3 is 6.18 Å². The molecule has 5 aliphatic rings. The van der Waals surface area contributed by atoms with Crippen molar-refractivity contribution in [2.45, 2.75) is 76.4 Å². The van der Waals surface area contributed by atoms with Crippen LogP contribution in [0.2, 0.25) is 0 Å². The van der Waals surface area contributed by atoms with E-state index in [1.165, 1.54) is 38.2 Å². The van der Waals surface area contributed by atoms with E-state index in [1.807, 2.05) is 17.2 Å². The van der Waals surface area contributed by atoms with E-state index in [2.05, 4.69) is 30.0 Å². The molecular weight excluding hydrogens is 696 g/mol. The quantitative estimate of drug-likeness (QED) is 0.237. The number of hydrogen-bond acceptors (Lipinski definition) is 11. The highest BCUT2D eigenvalue weighted by Crippen LogP contribution is 2.52. The molecule has 12 nitrogen and oxygen atoms in total. The Morgan fingerprint density at radius 2 is 1.85 bits per heavy atom. The van der Waals surface area contributed by atoms with E-state index in [-0.39, 0.29) is 34.3 Å². The number of benzene rings is 1. The number of hydrogen-bond donors (Lipinski definition) is 0. The molecule has 0 N–H and O–H groups in total. The lowest BCUT2D eigenvalue weighted by Crippen LogP contribution is -2.68. The summed E-state index contributed by atoms with van der Waals surface area (Å²) in [6.07, 6.45) is 3.50. The first-order valence-corrected chi connectivity index (χ1v) is 18.4. The second-order valence-electron chi connectivity index (χ2n) is 15.6. The molecule has 1 aromatic carbocycles. The van der Waals surface area contributed by atoms with Gasteiger partial charge in [0.25, 0.3) is 11.8 Å². The molecule has 1 aliphatic carbocycles. The SMILES string of the molecule is CC(C)N(CC(F)(F)F)C(=O)c1cc(F)ccc1Oc1nncnc1N1CC2(CC(Oc3ccnc4c3CN(CCCN3CC5(CCO5)C3)CC4)C2)C1. The van der Waals surface area contributed by atoms with E-state index in [1.54, 1.807) is 0 Å². The fourth-order valence-corrected chi connectivity index (χ4v) is 8.43. The highest BCUT2D eigenvalue weighted by Gasteiger charge is 2.55. The summed E-state index contributed by atoms with van der Waals surface area (Å²) >= 11 is 0. The average Bonchev–Trinajstić information content (AvgIpc) is 3.05. The lowest BCUT2D eigenvalue weighted by atomic mass is 9.61. The third-order valence-electron chi connectivity index (χ3n) is 11.2. The molecule has 3 saturated heterocycles. The van der Waals surface area contributed by atoms with Crippen LogP contribution in [0.4, 0.5) is 23.4 Å². The number of ether oxygens (including phenoxy) is 3. The first-order valence-electron chi connectivity index (χ1n) is 18.4. The van der Waals surface area contributed by atoms with Crippen LogP contribution < -0.4 is 14.4 Å². The van der Waals surface area contributed by atoms with Crippen molar-refractivity contribution in [3.05, 3.63) is 59.4 Å². The zero-order valence-corrected chi connectivity index (χ0v) is 29.9. The van der Waals surface area contributed by atoms with Crippen LogP contribution in [0.15, 0.2) is 36.8 Å². The lowest BCUT2D eigenvalue weighted by Gasteiger charge is -2.58. The van der Waals surface area contributed by atoms with E-state index >= 15 is 0 Å². The van der Waals surface area contributed by atoms with Crippen molar-refractivity contribution in [1.82, 2.24) is 34.9 Å². The largest absolute Gasteiger partial charge is 0.490 e. The summed E-state index contributed by atoms with van der Waals surface area (Å²) in [4.78, 5) is 29.9. The fourth-order valence-electron chi connectivity index (χ4n) is 8.43. The lowest BCUT2D eigenvalue weighted by molar-refractivity contribution is -0.221. The van der Waals surface area contributed by atoms with Crippen molar-refractivity contribution >= 4 is 11.7 Å². The number of anilines is 1. The Morgan fingerprint density at radius 1 is 1.08 bits per heavy atom. The van der Waals surface area contributed by atoms with Gasteiger partial charge in [-0.15, -0.1) is 10.2 Å². The van der Waals surface area contributed by atoms with Crippen LogP contribution in [0.5, 0.6) is 17.4 Å². The maximum atomic E-state index is 14.3. The van der Waals surface area contributed by atoms with Crippen LogP contribution in [-0.2, 0) is 17.7 Å². The molecule has 53 heavy (non-hydrogen) atoms. The minimum Gasteiger partial charge on any atom is -0.490 e. The summed E-state index contributed by atoms with van der Waals surface area (Å²) in [5.74, 6) is -0.698. The minimum absolute atomic E-state index is 0.0261. The molecule has 0 radical (unpaired) electrons. The van der Waals surface area contributed by atoms with E-state index in [4.69, 9.17) is 14.2 Å². The predicted octanol–water partition coefficient (Wildman–Crippen LogP) is 4.88. The van der Waals surface area contributed by atoms with Crippen molar-refractivity contribution in [2.75, 3.05) is 63.9 Å². The monoisotopic (exact) mass is 740 g/mol. The summed E-state index contributed by atoms with van der Waals surface area (Å²) in [5, 5.41) is 7.91. The number of rotatable bonds is 12. The van der Waals surface area contributed by atoms with Gasteiger partial charge in [0.1, 0.15) is 36.3 Å². The van der Waals surface area contributed by atoms with Crippen LogP contribution in [0.1, 0.15) is 61.1 Å². The molecule has 0 atom stereocenters. The maximum Gasteiger partial charge on any atom is 0.406 e. The fraction of sp³-hybridized carbons (Fsp3) is 0.595. The predicted molar refractivity (Wildman–Crippen MR) is 184 cm³/mol. The number of nitrogens with zero attached hydrogens (tertiary/aromatic N) is 8.